The van der Waals surface area contributed by atoms with Crippen LogP contribution >= 0.6 is 0 Å². The highest BCUT2D eigenvalue weighted by atomic mass is 16.5. The molecule has 2 aromatic rings. The smallest absolute Gasteiger partial charge is 0.240 e. The van der Waals surface area contributed by atoms with E-state index >= 15 is 0 Å². The maximum atomic E-state index is 12.9. The number of methoxy groups -OCH3 is 1. The van der Waals surface area contributed by atoms with Gasteiger partial charge in [0.05, 0.1) is 19.6 Å². The summed E-state index contributed by atoms with van der Waals surface area (Å²) in [6.45, 7) is 10.1. The predicted octanol–water partition coefficient (Wildman–Crippen LogP) is 3.72. The first-order valence-electron chi connectivity index (χ1n) is 9.32. The summed E-state index contributed by atoms with van der Waals surface area (Å²) in [5.41, 5.74) is 0.622. The van der Waals surface area contributed by atoms with E-state index in [1.165, 1.54) is 0 Å². The maximum Gasteiger partial charge on any atom is 0.240 e. The van der Waals surface area contributed by atoms with Gasteiger partial charge in [0.25, 0.3) is 0 Å². The first-order valence-corrected chi connectivity index (χ1v) is 9.32. The molecule has 0 aliphatic carbocycles. The summed E-state index contributed by atoms with van der Waals surface area (Å²) in [6.07, 6.45) is 0. The second-order valence-corrected chi connectivity index (χ2v) is 7.84. The van der Waals surface area contributed by atoms with E-state index in [4.69, 9.17) is 4.74 Å². The molecule has 0 fully saturated rings. The Morgan fingerprint density at radius 2 is 1.74 bits per heavy atom. The molecule has 0 unspecified atom stereocenters. The molecule has 1 N–H and O–H groups in total. The molecule has 2 aromatic carbocycles. The minimum atomic E-state index is -0.320. The number of nitrogens with zero attached hydrogens (tertiary/aromatic N) is 1. The number of hydrogen-bond acceptors (Lipinski definition) is 3. The predicted molar refractivity (Wildman–Crippen MR) is 109 cm³/mol. The topological polar surface area (TPSA) is 58.6 Å². The SMILES string of the molecule is CCN(CC(=O)NC(C)(C)C)C(=O)[C@@H](C)c1ccc2cc(OC)ccc2c1. The molecule has 0 radical (unpaired) electrons. The first kappa shape index (κ1) is 20.7. The van der Waals surface area contributed by atoms with E-state index < -0.39 is 0 Å². The average Bonchev–Trinajstić information content (AvgIpc) is 2.62. The highest BCUT2D eigenvalue weighted by Gasteiger charge is 2.24. The van der Waals surface area contributed by atoms with Crippen molar-refractivity contribution in [3.63, 3.8) is 0 Å². The fourth-order valence-corrected chi connectivity index (χ4v) is 3.03. The van der Waals surface area contributed by atoms with Crippen LogP contribution in [0, 0.1) is 0 Å². The fourth-order valence-electron chi connectivity index (χ4n) is 3.03. The van der Waals surface area contributed by atoms with Crippen LogP contribution in [0.4, 0.5) is 0 Å². The van der Waals surface area contributed by atoms with E-state index in [2.05, 4.69) is 5.32 Å². The third kappa shape index (κ3) is 5.46. The lowest BCUT2D eigenvalue weighted by Gasteiger charge is -2.27. The molecule has 0 saturated carbocycles. The lowest BCUT2D eigenvalue weighted by Crippen LogP contribution is -2.48. The Morgan fingerprint density at radius 3 is 2.33 bits per heavy atom. The number of nitrogens with one attached hydrogen (secondary N) is 1. The summed E-state index contributed by atoms with van der Waals surface area (Å²) in [6, 6.07) is 11.9. The summed E-state index contributed by atoms with van der Waals surface area (Å²) in [4.78, 5) is 26.7. The van der Waals surface area contributed by atoms with E-state index in [0.717, 1.165) is 22.1 Å². The zero-order chi connectivity index (χ0) is 20.2. The van der Waals surface area contributed by atoms with Gasteiger partial charge in [0.1, 0.15) is 5.75 Å². The summed E-state index contributed by atoms with van der Waals surface area (Å²) in [5.74, 6) is 0.296. The van der Waals surface area contributed by atoms with Crippen molar-refractivity contribution in [1.29, 1.82) is 0 Å². The molecular weight excluding hydrogens is 340 g/mol. The van der Waals surface area contributed by atoms with Crippen molar-refractivity contribution in [3.8, 4) is 5.75 Å². The van der Waals surface area contributed by atoms with Crippen LogP contribution in [0.25, 0.3) is 10.8 Å². The molecule has 2 amide bonds. The third-order valence-electron chi connectivity index (χ3n) is 4.48. The van der Waals surface area contributed by atoms with Crippen LogP contribution in [0.5, 0.6) is 5.75 Å². The zero-order valence-electron chi connectivity index (χ0n) is 17.1. The Balaban J connectivity index is 2.16. The lowest BCUT2D eigenvalue weighted by atomic mass is 9.96. The molecule has 0 heterocycles. The van der Waals surface area contributed by atoms with Gasteiger partial charge in [-0.25, -0.2) is 0 Å². The summed E-state index contributed by atoms with van der Waals surface area (Å²) in [5, 5.41) is 5.03. The summed E-state index contributed by atoms with van der Waals surface area (Å²) < 4.78 is 5.26. The molecule has 27 heavy (non-hydrogen) atoms. The van der Waals surface area contributed by atoms with Gasteiger partial charge in [-0.2, -0.15) is 0 Å². The second-order valence-electron chi connectivity index (χ2n) is 7.84. The van der Waals surface area contributed by atoms with Crippen LogP contribution in [0.3, 0.4) is 0 Å². The Kier molecular flexibility index (Phi) is 6.47. The fraction of sp³-hybridized carbons (Fsp3) is 0.455. The van der Waals surface area contributed by atoms with Crippen LogP contribution in [-0.4, -0.2) is 42.5 Å². The molecule has 0 aliphatic heterocycles. The highest BCUT2D eigenvalue weighted by Crippen LogP contribution is 2.26. The molecule has 5 nitrogen and oxygen atoms in total. The molecular formula is C22H30N2O3. The molecule has 0 saturated heterocycles. The van der Waals surface area contributed by atoms with Crippen molar-refractivity contribution in [2.24, 2.45) is 0 Å². The van der Waals surface area contributed by atoms with E-state index in [1.54, 1.807) is 12.0 Å². The van der Waals surface area contributed by atoms with Crippen LogP contribution in [0.1, 0.15) is 46.1 Å². The first-order chi connectivity index (χ1) is 12.6. The largest absolute Gasteiger partial charge is 0.497 e. The Labute approximate surface area is 161 Å². The average molecular weight is 370 g/mol. The van der Waals surface area contributed by atoms with Gasteiger partial charge in [-0.1, -0.05) is 24.3 Å². The van der Waals surface area contributed by atoms with Gasteiger partial charge >= 0.3 is 0 Å². The van der Waals surface area contributed by atoms with Crippen LogP contribution < -0.4 is 10.1 Å². The van der Waals surface area contributed by atoms with Gasteiger partial charge in [0.15, 0.2) is 0 Å². The van der Waals surface area contributed by atoms with Crippen molar-refractivity contribution in [3.05, 3.63) is 42.0 Å². The summed E-state index contributed by atoms with van der Waals surface area (Å²) in [7, 11) is 1.64. The Hall–Kier alpha value is -2.56. The van der Waals surface area contributed by atoms with Crippen LogP contribution in [0.2, 0.25) is 0 Å². The van der Waals surface area contributed by atoms with Crippen molar-refractivity contribution < 1.29 is 14.3 Å². The van der Waals surface area contributed by atoms with Crippen LogP contribution in [0.15, 0.2) is 36.4 Å². The number of rotatable bonds is 6. The molecule has 0 bridgehead atoms. The Bertz CT molecular complexity index is 824. The quantitative estimate of drug-likeness (QED) is 0.843. The third-order valence-corrected chi connectivity index (χ3v) is 4.48. The molecule has 5 heteroatoms. The van der Waals surface area contributed by atoms with Crippen LogP contribution in [-0.2, 0) is 9.59 Å². The van der Waals surface area contributed by atoms with E-state index in [0.29, 0.717) is 6.54 Å². The van der Waals surface area contributed by atoms with Gasteiger partial charge in [0.2, 0.25) is 11.8 Å². The lowest BCUT2D eigenvalue weighted by molar-refractivity contribution is -0.137. The van der Waals surface area contributed by atoms with E-state index in [1.807, 2.05) is 71.0 Å². The number of carbonyl (C=O) groups excluding carboxylic acids is 2. The highest BCUT2D eigenvalue weighted by molar-refractivity contribution is 5.90. The minimum Gasteiger partial charge on any atom is -0.497 e. The maximum absolute atomic E-state index is 12.9. The number of amides is 2. The van der Waals surface area contributed by atoms with Gasteiger partial charge in [-0.05, 0) is 63.1 Å². The number of carbonyl (C=O) groups is 2. The standard InChI is InChI=1S/C22H30N2O3/c1-7-24(14-20(25)23-22(3,4)5)21(26)15(2)16-8-9-18-13-19(27-6)11-10-17(18)12-16/h8-13,15H,7,14H2,1-6H3,(H,23,25)/t15-/m0/s1. The molecule has 0 aromatic heterocycles. The number of fused-ring (bicyclic) bond motifs is 1. The Morgan fingerprint density at radius 1 is 1.11 bits per heavy atom. The van der Waals surface area contributed by atoms with E-state index in [-0.39, 0.29) is 29.8 Å². The molecule has 0 aliphatic rings. The summed E-state index contributed by atoms with van der Waals surface area (Å²) >= 11 is 0. The molecule has 2 rings (SSSR count). The zero-order valence-corrected chi connectivity index (χ0v) is 17.1. The minimum absolute atomic E-state index is 0.0468. The monoisotopic (exact) mass is 370 g/mol. The molecule has 0 spiro atoms. The number of hydrogen-bond donors (Lipinski definition) is 1. The van der Waals surface area contributed by atoms with Gasteiger partial charge < -0.3 is 15.0 Å². The normalized spacial score (nSPS) is 12.5. The number of ether oxygens (including phenoxy) is 1. The number of benzene rings is 2. The van der Waals surface area contributed by atoms with E-state index in [9.17, 15) is 9.59 Å². The molecule has 146 valence electrons. The van der Waals surface area contributed by atoms with Crippen molar-refractivity contribution in [1.82, 2.24) is 10.2 Å². The van der Waals surface area contributed by atoms with Crippen molar-refractivity contribution in [2.45, 2.75) is 46.1 Å². The van der Waals surface area contributed by atoms with Crippen molar-refractivity contribution in [2.75, 3.05) is 20.2 Å². The van der Waals surface area contributed by atoms with Crippen molar-refractivity contribution >= 4 is 22.6 Å². The molecule has 1 atom stereocenters. The number of likely N-dealkylation sites (N-methyl/N-ethyl adjacent to an activating group) is 1. The second kappa shape index (κ2) is 8.42. The van der Waals surface area contributed by atoms with Gasteiger partial charge in [-0.15, -0.1) is 0 Å². The van der Waals surface area contributed by atoms with Gasteiger partial charge in [0, 0.05) is 12.1 Å². The van der Waals surface area contributed by atoms with Gasteiger partial charge in [-0.3, -0.25) is 9.59 Å².